The first kappa shape index (κ1) is 32.9. The molecule has 3 aliphatic rings. The zero-order chi connectivity index (χ0) is 29.4. The van der Waals surface area contributed by atoms with Crippen molar-refractivity contribution in [3.63, 3.8) is 0 Å². The van der Waals surface area contributed by atoms with E-state index in [9.17, 15) is 30.0 Å². The van der Waals surface area contributed by atoms with Gasteiger partial charge in [-0.15, -0.1) is 36.2 Å². The molecule has 15 heteroatoms. The minimum Gasteiger partial charge on any atom is -0.507 e. The summed E-state index contributed by atoms with van der Waals surface area (Å²) in [6.07, 6.45) is -4.03. The standard InChI is InChI=1S/C28H29N3O9S.2ClH/c1-10-22(32)13(29)6-17(39-10)40-15-8-28(37,16-9-41-27(30)31-16)7-12-19(15)26(36)21-20(24(12)34)23(33)11-4-3-5-14(38-2)18(11)25(21)35;;/h3-5,9-10,13,15,17,22,32,34,36-37H,6-8,29H2,1-2H3,(H2,30,31);2*1H/t10?,13?,15-,17?,22?,28-;;/m0../s1. The summed E-state index contributed by atoms with van der Waals surface area (Å²) in [5.74, 6) is -2.36. The Labute approximate surface area is 262 Å². The number of aliphatic hydroxyl groups is 2. The molecule has 6 atom stereocenters. The van der Waals surface area contributed by atoms with Gasteiger partial charge in [0, 0.05) is 47.4 Å². The highest BCUT2D eigenvalue weighted by atomic mass is 35.5. The summed E-state index contributed by atoms with van der Waals surface area (Å²) in [5.41, 5.74) is 9.70. The Morgan fingerprint density at radius 2 is 1.81 bits per heavy atom. The Bertz CT molecular complexity index is 1590. The van der Waals surface area contributed by atoms with Crippen LogP contribution in [0, 0.1) is 0 Å². The van der Waals surface area contributed by atoms with Crippen molar-refractivity contribution < 1.29 is 44.2 Å². The van der Waals surface area contributed by atoms with E-state index in [0.717, 1.165) is 11.3 Å². The first-order valence-corrected chi connectivity index (χ1v) is 13.9. The number of ketones is 2. The van der Waals surface area contributed by atoms with Crippen molar-refractivity contribution in [1.82, 2.24) is 4.98 Å². The average molecular weight is 657 g/mol. The second-order valence-corrected chi connectivity index (χ2v) is 11.5. The van der Waals surface area contributed by atoms with Crippen molar-refractivity contribution >= 4 is 52.8 Å². The summed E-state index contributed by atoms with van der Waals surface area (Å²) in [7, 11) is 1.36. The van der Waals surface area contributed by atoms with E-state index in [0.29, 0.717) is 0 Å². The number of aromatic nitrogens is 1. The van der Waals surface area contributed by atoms with Gasteiger partial charge in [0.1, 0.15) is 22.8 Å². The van der Waals surface area contributed by atoms with E-state index < -0.39 is 59.3 Å². The molecule has 3 aromatic rings. The van der Waals surface area contributed by atoms with E-state index in [2.05, 4.69) is 4.98 Å². The van der Waals surface area contributed by atoms with Crippen LogP contribution in [-0.2, 0) is 21.5 Å². The maximum atomic E-state index is 13.8. The quantitative estimate of drug-likeness (QED) is 0.175. The molecule has 2 heterocycles. The van der Waals surface area contributed by atoms with E-state index in [1.54, 1.807) is 18.4 Å². The number of hydrogen-bond donors (Lipinski definition) is 6. The number of nitrogens with zero attached hydrogens (tertiary/aromatic N) is 1. The number of rotatable bonds is 4. The Morgan fingerprint density at radius 3 is 2.44 bits per heavy atom. The summed E-state index contributed by atoms with van der Waals surface area (Å²) in [4.78, 5) is 31.7. The number of nitrogens with two attached hydrogens (primary N) is 2. The normalized spacial score (nSPS) is 27.7. The van der Waals surface area contributed by atoms with Crippen LogP contribution in [0.5, 0.6) is 17.2 Å². The van der Waals surface area contributed by atoms with Gasteiger partial charge in [0.05, 0.1) is 47.8 Å². The lowest BCUT2D eigenvalue weighted by Crippen LogP contribution is -2.52. The highest BCUT2D eigenvalue weighted by Gasteiger charge is 2.49. The number of phenols is 2. The minimum atomic E-state index is -1.73. The predicted molar refractivity (Wildman–Crippen MR) is 160 cm³/mol. The molecule has 6 rings (SSSR count). The third-order valence-corrected chi connectivity index (χ3v) is 8.82. The minimum absolute atomic E-state index is 0. The maximum absolute atomic E-state index is 13.8. The monoisotopic (exact) mass is 655 g/mol. The molecule has 2 aliphatic carbocycles. The van der Waals surface area contributed by atoms with Crippen LogP contribution >= 0.6 is 36.2 Å². The first-order valence-electron chi connectivity index (χ1n) is 13.0. The molecule has 0 saturated carbocycles. The van der Waals surface area contributed by atoms with Gasteiger partial charge in [0.2, 0.25) is 5.78 Å². The highest BCUT2D eigenvalue weighted by molar-refractivity contribution is 7.13. The molecule has 12 nitrogen and oxygen atoms in total. The molecule has 1 aromatic heterocycles. The third kappa shape index (κ3) is 5.13. The Morgan fingerprint density at radius 1 is 1.12 bits per heavy atom. The number of nitrogen functional groups attached to an aromatic ring is 1. The fourth-order valence-corrected chi connectivity index (χ4v) is 6.74. The van der Waals surface area contributed by atoms with E-state index in [1.807, 2.05) is 0 Å². The van der Waals surface area contributed by atoms with Gasteiger partial charge < -0.3 is 46.1 Å². The molecule has 43 heavy (non-hydrogen) atoms. The molecule has 2 aromatic carbocycles. The number of hydrogen-bond acceptors (Lipinski definition) is 13. The number of fused-ring (bicyclic) bond motifs is 3. The Balaban J connectivity index is 0.00000212. The number of methoxy groups -OCH3 is 1. The molecule has 0 radical (unpaired) electrons. The number of thiazole rings is 1. The number of anilines is 1. The average Bonchev–Trinajstić information content (AvgIpc) is 3.38. The van der Waals surface area contributed by atoms with Gasteiger partial charge in [-0.05, 0) is 13.0 Å². The number of phenolic OH excluding ortho intramolecular Hbond substituents is 2. The summed E-state index contributed by atoms with van der Waals surface area (Å²) in [5, 5.41) is 47.1. The fraction of sp³-hybridized carbons (Fsp3) is 0.393. The molecule has 4 unspecified atom stereocenters. The number of carbonyl (C=O) groups is 2. The molecule has 232 valence electrons. The lowest BCUT2D eigenvalue weighted by atomic mass is 9.72. The first-order chi connectivity index (χ1) is 19.4. The van der Waals surface area contributed by atoms with E-state index >= 15 is 0 Å². The van der Waals surface area contributed by atoms with Gasteiger partial charge in [-0.2, -0.15) is 0 Å². The SMILES string of the molecule is COc1cccc2c1C(=O)c1c(O)c3c(c(O)c1C2=O)C[C@@](O)(c1csc(N)n1)C[C@@H]3OC1CC(N)C(O)C(C)O1.Cl.Cl. The van der Waals surface area contributed by atoms with E-state index in [-0.39, 0.29) is 94.0 Å². The highest BCUT2D eigenvalue weighted by Crippen LogP contribution is 2.54. The smallest absolute Gasteiger partial charge is 0.202 e. The van der Waals surface area contributed by atoms with Crippen molar-refractivity contribution in [2.24, 2.45) is 5.73 Å². The number of ether oxygens (including phenoxy) is 3. The molecule has 1 saturated heterocycles. The largest absolute Gasteiger partial charge is 0.507 e. The number of aromatic hydroxyl groups is 2. The van der Waals surface area contributed by atoms with Crippen molar-refractivity contribution in [1.29, 1.82) is 0 Å². The summed E-state index contributed by atoms with van der Waals surface area (Å²) < 4.78 is 17.4. The van der Waals surface area contributed by atoms with Gasteiger partial charge in [0.25, 0.3) is 0 Å². The van der Waals surface area contributed by atoms with E-state index in [4.69, 9.17) is 25.7 Å². The van der Waals surface area contributed by atoms with Gasteiger partial charge in [-0.1, -0.05) is 12.1 Å². The van der Waals surface area contributed by atoms with Gasteiger partial charge in [-0.3, -0.25) is 9.59 Å². The Hall–Kier alpha value is -3.01. The van der Waals surface area contributed by atoms with Crippen molar-refractivity contribution in [2.45, 2.75) is 62.4 Å². The fourth-order valence-electron chi connectivity index (χ4n) is 6.09. The summed E-state index contributed by atoms with van der Waals surface area (Å²) in [6.45, 7) is 1.64. The number of halogens is 2. The third-order valence-electron chi connectivity index (χ3n) is 8.14. The second kappa shape index (κ2) is 11.8. The lowest BCUT2D eigenvalue weighted by molar-refractivity contribution is -0.248. The van der Waals surface area contributed by atoms with Crippen molar-refractivity contribution in [3.05, 3.63) is 62.7 Å². The second-order valence-electron chi connectivity index (χ2n) is 10.6. The zero-order valence-electron chi connectivity index (χ0n) is 23.0. The van der Waals surface area contributed by atoms with Crippen LogP contribution < -0.4 is 16.2 Å². The van der Waals surface area contributed by atoms with Gasteiger partial charge >= 0.3 is 0 Å². The van der Waals surface area contributed by atoms with E-state index in [1.165, 1.54) is 19.2 Å². The lowest BCUT2D eigenvalue weighted by Gasteiger charge is -2.42. The molecular weight excluding hydrogens is 625 g/mol. The van der Waals surface area contributed by atoms with Crippen LogP contribution in [0.25, 0.3) is 0 Å². The molecular formula is C28H31Cl2N3O9S. The number of benzene rings is 2. The van der Waals surface area contributed by atoms with Crippen molar-refractivity contribution in [2.75, 3.05) is 12.8 Å². The molecule has 8 N–H and O–H groups in total. The van der Waals surface area contributed by atoms with Gasteiger partial charge in [0.15, 0.2) is 17.2 Å². The number of aliphatic hydroxyl groups excluding tert-OH is 1. The van der Waals surface area contributed by atoms with Crippen LogP contribution in [0.15, 0.2) is 23.6 Å². The maximum Gasteiger partial charge on any atom is 0.202 e. The molecule has 1 aliphatic heterocycles. The van der Waals surface area contributed by atoms with Gasteiger partial charge in [-0.25, -0.2) is 4.98 Å². The number of carbonyl (C=O) groups excluding carboxylic acids is 2. The molecule has 0 bridgehead atoms. The van der Waals surface area contributed by atoms with Crippen LogP contribution in [0.3, 0.4) is 0 Å². The van der Waals surface area contributed by atoms with Crippen molar-refractivity contribution in [3.8, 4) is 17.2 Å². The predicted octanol–water partition coefficient (Wildman–Crippen LogP) is 2.48. The molecule has 0 spiro atoms. The Kier molecular flexibility index (Phi) is 9.04. The zero-order valence-corrected chi connectivity index (χ0v) is 25.4. The van der Waals surface area contributed by atoms with Crippen LogP contribution in [0.4, 0.5) is 5.13 Å². The summed E-state index contributed by atoms with van der Waals surface area (Å²) in [6, 6.07) is 3.84. The molecule has 1 fully saturated rings. The topological polar surface area (TPSA) is 208 Å². The van der Waals surface area contributed by atoms with Crippen LogP contribution in [-0.4, -0.2) is 68.6 Å². The van der Waals surface area contributed by atoms with Crippen LogP contribution in [0.1, 0.15) is 74.5 Å². The summed E-state index contributed by atoms with van der Waals surface area (Å²) >= 11 is 1.12. The van der Waals surface area contributed by atoms with Crippen LogP contribution in [0.2, 0.25) is 0 Å². The molecule has 0 amide bonds.